The molecule has 2 rings (SSSR count). The molecule has 0 amide bonds. The SMILES string of the molecule is CSC(C)c1nnc(C2CC2C)o1. The Morgan fingerprint density at radius 3 is 2.77 bits per heavy atom. The lowest BCUT2D eigenvalue weighted by molar-refractivity contribution is 0.448. The topological polar surface area (TPSA) is 38.9 Å². The van der Waals surface area contributed by atoms with Gasteiger partial charge < -0.3 is 4.42 Å². The summed E-state index contributed by atoms with van der Waals surface area (Å²) < 4.78 is 5.59. The second-order valence-corrected chi connectivity index (χ2v) is 4.85. The molecule has 1 heterocycles. The van der Waals surface area contributed by atoms with Crippen LogP contribution >= 0.6 is 11.8 Å². The summed E-state index contributed by atoms with van der Waals surface area (Å²) in [7, 11) is 0. The van der Waals surface area contributed by atoms with E-state index in [0.717, 1.165) is 17.7 Å². The average Bonchev–Trinajstić information content (AvgIpc) is 2.70. The Hall–Kier alpha value is -0.510. The first-order valence-corrected chi connectivity index (χ1v) is 5.87. The van der Waals surface area contributed by atoms with Crippen molar-refractivity contribution in [2.75, 3.05) is 6.26 Å². The van der Waals surface area contributed by atoms with Crippen LogP contribution in [0.25, 0.3) is 0 Å². The summed E-state index contributed by atoms with van der Waals surface area (Å²) in [5, 5.41) is 8.43. The molecule has 13 heavy (non-hydrogen) atoms. The van der Waals surface area contributed by atoms with Gasteiger partial charge in [-0.15, -0.1) is 10.2 Å². The monoisotopic (exact) mass is 198 g/mol. The molecular formula is C9H14N2OS. The molecule has 3 nitrogen and oxygen atoms in total. The molecule has 3 unspecified atom stereocenters. The smallest absolute Gasteiger partial charge is 0.229 e. The average molecular weight is 198 g/mol. The van der Waals surface area contributed by atoms with Crippen molar-refractivity contribution in [1.82, 2.24) is 10.2 Å². The van der Waals surface area contributed by atoms with Gasteiger partial charge in [0, 0.05) is 5.92 Å². The number of aromatic nitrogens is 2. The molecule has 0 spiro atoms. The van der Waals surface area contributed by atoms with E-state index in [1.54, 1.807) is 11.8 Å². The molecule has 0 aliphatic heterocycles. The van der Waals surface area contributed by atoms with E-state index in [0.29, 0.717) is 11.2 Å². The Balaban J connectivity index is 2.09. The van der Waals surface area contributed by atoms with Gasteiger partial charge in [0.05, 0.1) is 5.25 Å². The van der Waals surface area contributed by atoms with E-state index in [1.807, 2.05) is 6.26 Å². The number of nitrogens with zero attached hydrogens (tertiary/aromatic N) is 2. The summed E-state index contributed by atoms with van der Waals surface area (Å²) >= 11 is 1.73. The lowest BCUT2D eigenvalue weighted by Crippen LogP contribution is -1.86. The van der Waals surface area contributed by atoms with Crippen molar-refractivity contribution >= 4 is 11.8 Å². The van der Waals surface area contributed by atoms with Gasteiger partial charge in [-0.2, -0.15) is 11.8 Å². The first-order chi connectivity index (χ1) is 6.22. The van der Waals surface area contributed by atoms with E-state index in [1.165, 1.54) is 6.42 Å². The molecule has 72 valence electrons. The van der Waals surface area contributed by atoms with Crippen molar-refractivity contribution in [3.05, 3.63) is 11.8 Å². The Morgan fingerprint density at radius 2 is 2.23 bits per heavy atom. The fourth-order valence-electron chi connectivity index (χ4n) is 1.33. The maximum atomic E-state index is 5.59. The number of rotatable bonds is 3. The van der Waals surface area contributed by atoms with Gasteiger partial charge >= 0.3 is 0 Å². The predicted octanol–water partition coefficient (Wildman–Crippen LogP) is 2.62. The van der Waals surface area contributed by atoms with Crippen molar-refractivity contribution < 1.29 is 4.42 Å². The quantitative estimate of drug-likeness (QED) is 0.748. The van der Waals surface area contributed by atoms with E-state index in [2.05, 4.69) is 24.0 Å². The van der Waals surface area contributed by atoms with Crippen LogP contribution in [0.4, 0.5) is 0 Å². The van der Waals surface area contributed by atoms with Gasteiger partial charge in [0.1, 0.15) is 0 Å². The molecule has 0 aromatic carbocycles. The maximum absolute atomic E-state index is 5.59. The van der Waals surface area contributed by atoms with E-state index >= 15 is 0 Å². The zero-order valence-corrected chi connectivity index (χ0v) is 8.97. The summed E-state index contributed by atoms with van der Waals surface area (Å²) in [6, 6.07) is 0. The number of hydrogen-bond acceptors (Lipinski definition) is 4. The van der Waals surface area contributed by atoms with Crippen LogP contribution in [0.15, 0.2) is 4.42 Å². The van der Waals surface area contributed by atoms with Crippen LogP contribution in [0.2, 0.25) is 0 Å². The highest BCUT2D eigenvalue weighted by molar-refractivity contribution is 7.98. The summed E-state index contributed by atoms with van der Waals surface area (Å²) in [5.74, 6) is 2.87. The maximum Gasteiger partial charge on any atom is 0.229 e. The van der Waals surface area contributed by atoms with Crippen molar-refractivity contribution in [3.63, 3.8) is 0 Å². The molecule has 4 heteroatoms. The highest BCUT2D eigenvalue weighted by Gasteiger charge is 2.38. The fourth-order valence-corrected chi connectivity index (χ4v) is 1.62. The Morgan fingerprint density at radius 1 is 1.54 bits per heavy atom. The van der Waals surface area contributed by atoms with Crippen molar-refractivity contribution in [2.45, 2.75) is 31.4 Å². The minimum Gasteiger partial charge on any atom is -0.424 e. The molecule has 1 aliphatic carbocycles. The van der Waals surface area contributed by atoms with Gasteiger partial charge in [0.25, 0.3) is 0 Å². The minimum atomic E-state index is 0.315. The van der Waals surface area contributed by atoms with Crippen LogP contribution in [0, 0.1) is 5.92 Å². The van der Waals surface area contributed by atoms with E-state index in [4.69, 9.17) is 4.42 Å². The normalized spacial score (nSPS) is 28.8. The minimum absolute atomic E-state index is 0.315. The largest absolute Gasteiger partial charge is 0.424 e. The van der Waals surface area contributed by atoms with Gasteiger partial charge in [-0.3, -0.25) is 0 Å². The van der Waals surface area contributed by atoms with Crippen LogP contribution in [-0.4, -0.2) is 16.5 Å². The molecule has 1 aliphatic rings. The first-order valence-electron chi connectivity index (χ1n) is 4.58. The molecule has 0 N–H and O–H groups in total. The molecule has 0 radical (unpaired) electrons. The standard InChI is InChI=1S/C9H14N2OS/c1-5-4-7(5)9-11-10-8(12-9)6(2)13-3/h5-7H,4H2,1-3H3. The van der Waals surface area contributed by atoms with E-state index < -0.39 is 0 Å². The Labute approximate surface area is 82.3 Å². The molecule has 3 atom stereocenters. The van der Waals surface area contributed by atoms with Gasteiger partial charge in [0.15, 0.2) is 0 Å². The van der Waals surface area contributed by atoms with E-state index in [-0.39, 0.29) is 0 Å². The van der Waals surface area contributed by atoms with Gasteiger partial charge in [0.2, 0.25) is 11.8 Å². The third kappa shape index (κ3) is 1.73. The van der Waals surface area contributed by atoms with Crippen molar-refractivity contribution in [3.8, 4) is 0 Å². The van der Waals surface area contributed by atoms with Crippen molar-refractivity contribution in [2.24, 2.45) is 5.92 Å². The fraction of sp³-hybridized carbons (Fsp3) is 0.778. The van der Waals surface area contributed by atoms with Crippen LogP contribution < -0.4 is 0 Å². The van der Waals surface area contributed by atoms with Gasteiger partial charge in [-0.05, 0) is 25.5 Å². The second-order valence-electron chi connectivity index (χ2n) is 3.68. The molecule has 1 aromatic rings. The molecular weight excluding hydrogens is 184 g/mol. The molecule has 1 aromatic heterocycles. The highest BCUT2D eigenvalue weighted by Crippen LogP contribution is 2.46. The summed E-state index contributed by atoms with van der Waals surface area (Å²) in [5.41, 5.74) is 0. The third-order valence-corrected chi connectivity index (χ3v) is 3.49. The first kappa shape index (κ1) is 9.06. The number of hydrogen-bond donors (Lipinski definition) is 0. The van der Waals surface area contributed by atoms with Gasteiger partial charge in [-0.1, -0.05) is 6.92 Å². The summed E-state index contributed by atoms with van der Waals surface area (Å²) in [6.45, 7) is 4.30. The lowest BCUT2D eigenvalue weighted by Gasteiger charge is -1.99. The number of thioether (sulfide) groups is 1. The van der Waals surface area contributed by atoms with Crippen molar-refractivity contribution in [1.29, 1.82) is 0 Å². The second kappa shape index (κ2) is 3.33. The third-order valence-electron chi connectivity index (χ3n) is 2.58. The molecule has 1 saturated carbocycles. The zero-order chi connectivity index (χ0) is 9.42. The summed E-state index contributed by atoms with van der Waals surface area (Å²) in [6.07, 6.45) is 3.25. The highest BCUT2D eigenvalue weighted by atomic mass is 32.2. The van der Waals surface area contributed by atoms with Crippen LogP contribution in [0.1, 0.15) is 43.2 Å². The van der Waals surface area contributed by atoms with Crippen LogP contribution in [0.3, 0.4) is 0 Å². The Kier molecular flexibility index (Phi) is 2.32. The lowest BCUT2D eigenvalue weighted by atomic mass is 10.3. The van der Waals surface area contributed by atoms with Crippen LogP contribution in [-0.2, 0) is 0 Å². The molecule has 1 fully saturated rings. The van der Waals surface area contributed by atoms with E-state index in [9.17, 15) is 0 Å². The summed E-state index contributed by atoms with van der Waals surface area (Å²) in [4.78, 5) is 0. The van der Waals surface area contributed by atoms with Gasteiger partial charge in [-0.25, -0.2) is 0 Å². The molecule has 0 bridgehead atoms. The zero-order valence-electron chi connectivity index (χ0n) is 8.15. The molecule has 0 saturated heterocycles. The predicted molar refractivity (Wildman–Crippen MR) is 52.8 cm³/mol. The van der Waals surface area contributed by atoms with Crippen LogP contribution in [0.5, 0.6) is 0 Å². The Bertz CT molecular complexity index is 281.